The van der Waals surface area contributed by atoms with E-state index in [0.717, 1.165) is 42.5 Å². The summed E-state index contributed by atoms with van der Waals surface area (Å²) < 4.78 is 0. The Kier molecular flexibility index (Phi) is 11.8. The molecule has 2 aliphatic carbocycles. The van der Waals surface area contributed by atoms with Gasteiger partial charge in [0, 0.05) is 41.3 Å². The van der Waals surface area contributed by atoms with Gasteiger partial charge < -0.3 is 4.90 Å². The van der Waals surface area contributed by atoms with Crippen LogP contribution in [0.15, 0.2) is 66.8 Å². The Morgan fingerprint density at radius 3 is 1.02 bits per heavy atom. The molecule has 0 aromatic heterocycles. The van der Waals surface area contributed by atoms with Gasteiger partial charge in [-0.2, -0.15) is 0 Å². The molecule has 0 fully saturated rings. The van der Waals surface area contributed by atoms with Gasteiger partial charge in [-0.1, -0.05) is 39.0 Å². The molecule has 0 unspecified atom stereocenters. The van der Waals surface area contributed by atoms with Crippen LogP contribution >= 0.6 is 0 Å². The zero-order valence-electron chi connectivity index (χ0n) is 31.1. The summed E-state index contributed by atoms with van der Waals surface area (Å²) in [6.07, 6.45) is 3.25. The summed E-state index contributed by atoms with van der Waals surface area (Å²) in [5.74, 6) is -1.44. The Morgan fingerprint density at radius 1 is 0.450 bits per heavy atom. The van der Waals surface area contributed by atoms with Crippen molar-refractivity contribution in [2.75, 3.05) is 19.6 Å². The number of nitro groups is 8. The second-order valence-electron chi connectivity index (χ2n) is 12.8. The quantitative estimate of drug-likeness (QED) is 0.0798. The molecule has 4 aromatic rings. The largest absolute Gasteiger partial charge is 0.304 e. The summed E-state index contributed by atoms with van der Waals surface area (Å²) in [6.45, 7) is 10.1. The zero-order valence-corrected chi connectivity index (χ0v) is 31.1. The molecule has 0 saturated heterocycles. The third-order valence-electron chi connectivity index (χ3n) is 9.76. The van der Waals surface area contributed by atoms with Gasteiger partial charge in [-0.15, -0.1) is 0 Å². The van der Waals surface area contributed by atoms with Crippen LogP contribution in [-0.2, 0) is 0 Å². The molecule has 0 atom stereocenters. The van der Waals surface area contributed by atoms with Gasteiger partial charge in [0.2, 0.25) is 0 Å². The standard InChI is InChI=1S/C29H12N8O16.C6H15N/c38-30(39)12-4-18-16(19-5-13(31(40)41)9-23(35(48)49)27(19)26(18)22(8-12)34(46)47)2-1-3-17-20-6-14(32(42)43)10-24(36(50)51)28(20)29-21(17)7-15(33(44)45)11-25(29)37(52)53;1-4-7(5-2)6-3/h1-11,16H;4-6H2,1-3H3/b2-1+;. The van der Waals surface area contributed by atoms with Crippen molar-refractivity contribution in [3.05, 3.63) is 170 Å². The number of benzene rings is 4. The maximum absolute atomic E-state index is 12.1. The van der Waals surface area contributed by atoms with E-state index in [2.05, 4.69) is 25.7 Å². The van der Waals surface area contributed by atoms with E-state index in [0.29, 0.717) is 24.3 Å². The maximum atomic E-state index is 12.1. The molecule has 4 aromatic carbocycles. The number of hydrogen-bond acceptors (Lipinski definition) is 17. The fourth-order valence-corrected chi connectivity index (χ4v) is 7.11. The lowest BCUT2D eigenvalue weighted by Gasteiger charge is -2.13. The van der Waals surface area contributed by atoms with Gasteiger partial charge in [0.05, 0.1) is 85.9 Å². The lowest BCUT2D eigenvalue weighted by atomic mass is 9.94. The number of rotatable bonds is 13. The predicted molar refractivity (Wildman–Crippen MR) is 209 cm³/mol. The van der Waals surface area contributed by atoms with Crippen molar-refractivity contribution in [2.24, 2.45) is 0 Å². The third kappa shape index (κ3) is 7.64. The minimum Gasteiger partial charge on any atom is -0.304 e. The van der Waals surface area contributed by atoms with E-state index in [4.69, 9.17) is 0 Å². The maximum Gasteiger partial charge on any atom is 0.284 e. The molecular weight excluding hydrogens is 802 g/mol. The van der Waals surface area contributed by atoms with Crippen LogP contribution in [0.2, 0.25) is 0 Å². The van der Waals surface area contributed by atoms with E-state index in [1.165, 1.54) is 19.6 Å². The van der Waals surface area contributed by atoms with Crippen molar-refractivity contribution in [2.45, 2.75) is 26.7 Å². The molecule has 0 radical (unpaired) electrons. The number of allylic oxidation sites excluding steroid dienone is 3. The van der Waals surface area contributed by atoms with E-state index in [1.54, 1.807) is 0 Å². The highest BCUT2D eigenvalue weighted by Gasteiger charge is 2.43. The fourth-order valence-electron chi connectivity index (χ4n) is 7.11. The lowest BCUT2D eigenvalue weighted by Crippen LogP contribution is -2.21. The molecule has 0 amide bonds. The van der Waals surface area contributed by atoms with Gasteiger partial charge in [-0.25, -0.2) is 0 Å². The molecule has 0 aliphatic heterocycles. The molecule has 25 heteroatoms. The van der Waals surface area contributed by atoms with Crippen LogP contribution in [-0.4, -0.2) is 63.9 Å². The Labute approximate surface area is 333 Å². The zero-order chi connectivity index (χ0) is 44.5. The monoisotopic (exact) mass is 829 g/mol. The number of non-ortho nitro benzene ring substituents is 4. The summed E-state index contributed by atoms with van der Waals surface area (Å²) in [5.41, 5.74) is -10.6. The third-order valence-corrected chi connectivity index (χ3v) is 9.76. The second-order valence-corrected chi connectivity index (χ2v) is 12.8. The van der Waals surface area contributed by atoms with Crippen molar-refractivity contribution in [1.82, 2.24) is 4.90 Å². The first kappa shape index (κ1) is 42.7. The highest BCUT2D eigenvalue weighted by atomic mass is 16.7. The van der Waals surface area contributed by atoms with Gasteiger partial charge in [0.25, 0.3) is 45.5 Å². The van der Waals surface area contributed by atoms with Gasteiger partial charge >= 0.3 is 0 Å². The van der Waals surface area contributed by atoms with E-state index in [9.17, 15) is 80.9 Å². The van der Waals surface area contributed by atoms with E-state index in [1.807, 2.05) is 0 Å². The van der Waals surface area contributed by atoms with Crippen LogP contribution in [0.5, 0.6) is 0 Å². The molecule has 2 aliphatic rings. The summed E-state index contributed by atoms with van der Waals surface area (Å²) in [7, 11) is 0. The number of nitrogens with zero attached hydrogens (tertiary/aromatic N) is 9. The highest BCUT2D eigenvalue weighted by molar-refractivity contribution is 6.08. The van der Waals surface area contributed by atoms with E-state index in [-0.39, 0.29) is 27.8 Å². The Hall–Kier alpha value is -8.48. The average molecular weight is 830 g/mol. The number of hydrogen-bond donors (Lipinski definition) is 0. The van der Waals surface area contributed by atoms with Crippen LogP contribution in [0.25, 0.3) is 27.8 Å². The highest BCUT2D eigenvalue weighted by Crippen LogP contribution is 2.57. The van der Waals surface area contributed by atoms with Gasteiger partial charge in [-0.05, 0) is 36.3 Å². The van der Waals surface area contributed by atoms with Crippen LogP contribution < -0.4 is 0 Å². The summed E-state index contributed by atoms with van der Waals surface area (Å²) in [4.78, 5) is 89.7. The van der Waals surface area contributed by atoms with Crippen molar-refractivity contribution >= 4 is 51.1 Å². The molecule has 0 saturated carbocycles. The fraction of sp³-hybridized carbons (Fsp3) is 0.200. The van der Waals surface area contributed by atoms with E-state index >= 15 is 0 Å². The smallest absolute Gasteiger partial charge is 0.284 e. The Balaban J connectivity index is 0.000000896. The molecule has 60 heavy (non-hydrogen) atoms. The lowest BCUT2D eigenvalue weighted by molar-refractivity contribution is -0.395. The molecule has 0 spiro atoms. The van der Waals surface area contributed by atoms with Crippen LogP contribution in [0.3, 0.4) is 0 Å². The molecular formula is C35H27N9O16. The minimum atomic E-state index is -1.44. The Morgan fingerprint density at radius 2 is 0.750 bits per heavy atom. The first-order valence-electron chi connectivity index (χ1n) is 17.3. The average Bonchev–Trinajstić information content (AvgIpc) is 3.68. The minimum absolute atomic E-state index is 0.265. The molecule has 0 bridgehead atoms. The molecule has 0 heterocycles. The second kappa shape index (κ2) is 16.5. The first-order chi connectivity index (χ1) is 28.3. The van der Waals surface area contributed by atoms with Gasteiger partial charge in [0.1, 0.15) is 0 Å². The van der Waals surface area contributed by atoms with Crippen LogP contribution in [0.4, 0.5) is 45.5 Å². The van der Waals surface area contributed by atoms with Crippen LogP contribution in [0.1, 0.15) is 48.9 Å². The van der Waals surface area contributed by atoms with E-state index < -0.39 is 113 Å². The number of nitro benzene ring substituents is 8. The van der Waals surface area contributed by atoms with Gasteiger partial charge in [-0.3, -0.25) is 80.9 Å². The van der Waals surface area contributed by atoms with Crippen molar-refractivity contribution in [3.63, 3.8) is 0 Å². The predicted octanol–water partition coefficient (Wildman–Crippen LogP) is 8.08. The number of fused-ring (bicyclic) bond motifs is 6. The first-order valence-corrected chi connectivity index (χ1v) is 17.3. The van der Waals surface area contributed by atoms with Crippen molar-refractivity contribution in [3.8, 4) is 22.3 Å². The molecule has 308 valence electrons. The topological polar surface area (TPSA) is 348 Å². The van der Waals surface area contributed by atoms with Crippen LogP contribution in [0, 0.1) is 80.9 Å². The summed E-state index contributed by atoms with van der Waals surface area (Å²) in [6, 6.07) is 5.56. The molecule has 0 N–H and O–H groups in total. The summed E-state index contributed by atoms with van der Waals surface area (Å²) in [5, 5.41) is 95.5. The summed E-state index contributed by atoms with van der Waals surface area (Å²) >= 11 is 0. The normalized spacial score (nSPS) is 12.2. The van der Waals surface area contributed by atoms with Crippen molar-refractivity contribution in [1.29, 1.82) is 0 Å². The molecule has 6 rings (SSSR count). The van der Waals surface area contributed by atoms with Gasteiger partial charge in [0.15, 0.2) is 0 Å². The van der Waals surface area contributed by atoms with Crippen molar-refractivity contribution < 1.29 is 39.4 Å². The Bertz CT molecular complexity index is 2500. The SMILES string of the molecule is CCN(CC)CC.O=[N+]([O-])c1cc2c(c([N+](=O)[O-])c1)-c1c(cc([N+](=O)[O-])cc1[N+](=O)[O-])C2=C/C=C/C1c2cc([N+](=O)[O-])cc([N+](=O)[O-])c2-c2c1cc([N+](=O)[O-])cc2[N+](=O)[O-]. The molecule has 25 nitrogen and oxygen atoms in total.